The highest BCUT2D eigenvalue weighted by molar-refractivity contribution is 6.01. The maximum absolute atomic E-state index is 12.3. The Hall–Kier alpha value is -3.40. The van der Waals surface area contributed by atoms with Gasteiger partial charge in [0.15, 0.2) is 0 Å². The summed E-state index contributed by atoms with van der Waals surface area (Å²) in [5.74, 6) is 0.216. The normalized spacial score (nSPS) is 11.1. The number of nitrogens with zero attached hydrogens (tertiary/aromatic N) is 1. The van der Waals surface area contributed by atoms with Crippen LogP contribution in [0.3, 0.4) is 0 Å². The Kier molecular flexibility index (Phi) is 5.44. The molecule has 1 N–H and O–H groups in total. The molecule has 3 rings (SSSR count). The lowest BCUT2D eigenvalue weighted by Crippen LogP contribution is -2.20. The summed E-state index contributed by atoms with van der Waals surface area (Å²) >= 11 is 0. The summed E-state index contributed by atoms with van der Waals surface area (Å²) in [5.41, 5.74) is 7.02. The zero-order chi connectivity index (χ0) is 18.4. The summed E-state index contributed by atoms with van der Waals surface area (Å²) < 4.78 is 5.20. The molecule has 4 heteroatoms. The minimum atomic E-state index is -0.303. The molecule has 0 heterocycles. The number of carbonyl (C=O) groups excluding carboxylic acids is 1. The van der Waals surface area contributed by atoms with Gasteiger partial charge in [0.05, 0.1) is 18.4 Å². The lowest BCUT2D eigenvalue weighted by Gasteiger charge is -2.07. The number of hydrazone groups is 1. The Morgan fingerprint density at radius 1 is 0.846 bits per heavy atom. The summed E-state index contributed by atoms with van der Waals surface area (Å²) in [6.45, 7) is 1.86. The second kappa shape index (κ2) is 8.12. The van der Waals surface area contributed by atoms with Crippen molar-refractivity contribution in [2.75, 3.05) is 7.11 Å². The van der Waals surface area contributed by atoms with Crippen molar-refractivity contribution in [1.82, 2.24) is 5.43 Å². The quantitative estimate of drug-likeness (QED) is 0.547. The highest BCUT2D eigenvalue weighted by Crippen LogP contribution is 2.20. The summed E-state index contributed by atoms with van der Waals surface area (Å²) in [6, 6.07) is 25.3. The standard InChI is InChI=1S/C22H20N2O2/c1-16(23-24-22(25)20-10-6-7-11-21(20)26-2)17-12-14-19(15-13-17)18-8-4-3-5-9-18/h3-15H,1-2H3,(H,24,25)/b23-16+. The molecule has 0 fully saturated rings. The topological polar surface area (TPSA) is 50.7 Å². The summed E-state index contributed by atoms with van der Waals surface area (Å²) in [7, 11) is 1.54. The zero-order valence-corrected chi connectivity index (χ0v) is 14.8. The molecule has 0 bridgehead atoms. The molecule has 3 aromatic rings. The van der Waals surface area contributed by atoms with Crippen molar-refractivity contribution in [1.29, 1.82) is 0 Å². The van der Waals surface area contributed by atoms with E-state index in [0.29, 0.717) is 11.3 Å². The van der Waals surface area contributed by atoms with Crippen LogP contribution in [-0.4, -0.2) is 18.7 Å². The van der Waals surface area contributed by atoms with E-state index in [1.165, 1.54) is 7.11 Å². The Morgan fingerprint density at radius 3 is 2.15 bits per heavy atom. The molecule has 1 amide bonds. The van der Waals surface area contributed by atoms with Crippen molar-refractivity contribution in [3.63, 3.8) is 0 Å². The van der Waals surface area contributed by atoms with E-state index in [9.17, 15) is 4.79 Å². The van der Waals surface area contributed by atoms with E-state index in [0.717, 1.165) is 22.4 Å². The Balaban J connectivity index is 1.72. The van der Waals surface area contributed by atoms with Crippen molar-refractivity contribution in [3.8, 4) is 16.9 Å². The van der Waals surface area contributed by atoms with Gasteiger partial charge in [-0.15, -0.1) is 0 Å². The number of methoxy groups -OCH3 is 1. The van der Waals surface area contributed by atoms with Crippen LogP contribution in [0.4, 0.5) is 0 Å². The van der Waals surface area contributed by atoms with Crippen LogP contribution in [-0.2, 0) is 0 Å². The molecular weight excluding hydrogens is 324 g/mol. The average Bonchev–Trinajstić information content (AvgIpc) is 2.72. The van der Waals surface area contributed by atoms with Crippen molar-refractivity contribution >= 4 is 11.6 Å². The number of amides is 1. The van der Waals surface area contributed by atoms with E-state index in [-0.39, 0.29) is 5.91 Å². The van der Waals surface area contributed by atoms with Gasteiger partial charge in [-0.1, -0.05) is 66.7 Å². The largest absolute Gasteiger partial charge is 0.496 e. The van der Waals surface area contributed by atoms with Crippen molar-refractivity contribution in [3.05, 3.63) is 90.0 Å². The third-order valence-corrected chi connectivity index (χ3v) is 4.09. The van der Waals surface area contributed by atoms with Gasteiger partial charge in [-0.05, 0) is 35.7 Å². The van der Waals surface area contributed by atoms with E-state index >= 15 is 0 Å². The smallest absolute Gasteiger partial charge is 0.275 e. The summed E-state index contributed by atoms with van der Waals surface area (Å²) in [4.78, 5) is 12.3. The van der Waals surface area contributed by atoms with Gasteiger partial charge in [0.25, 0.3) is 5.91 Å². The molecule has 3 aromatic carbocycles. The molecule has 0 aromatic heterocycles. The molecule has 0 aliphatic heterocycles. The number of ether oxygens (including phenoxy) is 1. The second-order valence-electron chi connectivity index (χ2n) is 5.78. The molecule has 130 valence electrons. The average molecular weight is 344 g/mol. The van der Waals surface area contributed by atoms with Crippen LogP contribution in [0.1, 0.15) is 22.8 Å². The van der Waals surface area contributed by atoms with E-state index in [4.69, 9.17) is 4.74 Å². The fraction of sp³-hybridized carbons (Fsp3) is 0.0909. The predicted molar refractivity (Wildman–Crippen MR) is 105 cm³/mol. The van der Waals surface area contributed by atoms with Crippen LogP contribution >= 0.6 is 0 Å². The number of nitrogens with one attached hydrogen (secondary N) is 1. The monoisotopic (exact) mass is 344 g/mol. The van der Waals surface area contributed by atoms with Crippen LogP contribution in [0.15, 0.2) is 84.0 Å². The number of para-hydroxylation sites is 1. The lowest BCUT2D eigenvalue weighted by atomic mass is 10.0. The van der Waals surface area contributed by atoms with E-state index in [2.05, 4.69) is 22.7 Å². The first-order valence-corrected chi connectivity index (χ1v) is 8.32. The Morgan fingerprint density at radius 2 is 1.46 bits per heavy atom. The molecule has 26 heavy (non-hydrogen) atoms. The van der Waals surface area contributed by atoms with Crippen LogP contribution in [0.2, 0.25) is 0 Å². The minimum absolute atomic E-state index is 0.303. The van der Waals surface area contributed by atoms with Gasteiger partial charge in [0, 0.05) is 0 Å². The molecule has 0 saturated heterocycles. The number of benzene rings is 3. The number of carbonyl (C=O) groups is 1. The Bertz CT molecular complexity index is 916. The first-order valence-electron chi connectivity index (χ1n) is 8.32. The molecule has 0 aliphatic rings. The fourth-order valence-corrected chi connectivity index (χ4v) is 2.63. The third kappa shape index (κ3) is 3.98. The number of rotatable bonds is 5. The maximum atomic E-state index is 12.3. The van der Waals surface area contributed by atoms with Crippen molar-refractivity contribution < 1.29 is 9.53 Å². The van der Waals surface area contributed by atoms with Crippen molar-refractivity contribution in [2.45, 2.75) is 6.92 Å². The van der Waals surface area contributed by atoms with Crippen LogP contribution in [0.25, 0.3) is 11.1 Å². The van der Waals surface area contributed by atoms with Gasteiger partial charge in [-0.25, -0.2) is 5.43 Å². The van der Waals surface area contributed by atoms with E-state index in [1.807, 2.05) is 55.5 Å². The molecule has 0 aliphatic carbocycles. The number of hydrogen-bond acceptors (Lipinski definition) is 3. The molecule has 0 saturated carbocycles. The maximum Gasteiger partial charge on any atom is 0.275 e. The first-order chi connectivity index (χ1) is 12.7. The van der Waals surface area contributed by atoms with Crippen LogP contribution < -0.4 is 10.2 Å². The predicted octanol–water partition coefficient (Wildman–Crippen LogP) is 4.52. The molecule has 0 atom stereocenters. The fourth-order valence-electron chi connectivity index (χ4n) is 2.63. The molecular formula is C22H20N2O2. The second-order valence-corrected chi connectivity index (χ2v) is 5.78. The van der Waals surface area contributed by atoms with Crippen LogP contribution in [0.5, 0.6) is 5.75 Å². The van der Waals surface area contributed by atoms with Crippen LogP contribution in [0, 0.1) is 0 Å². The summed E-state index contributed by atoms with van der Waals surface area (Å²) in [6.07, 6.45) is 0. The van der Waals surface area contributed by atoms with Gasteiger partial charge >= 0.3 is 0 Å². The highest BCUT2D eigenvalue weighted by Gasteiger charge is 2.10. The van der Waals surface area contributed by atoms with Gasteiger partial charge in [0.1, 0.15) is 5.75 Å². The third-order valence-electron chi connectivity index (χ3n) is 4.09. The van der Waals surface area contributed by atoms with E-state index < -0.39 is 0 Å². The molecule has 4 nitrogen and oxygen atoms in total. The molecule has 0 radical (unpaired) electrons. The minimum Gasteiger partial charge on any atom is -0.496 e. The van der Waals surface area contributed by atoms with Gasteiger partial charge in [-0.2, -0.15) is 5.10 Å². The SMILES string of the molecule is COc1ccccc1C(=O)N/N=C(\C)c1ccc(-c2ccccc2)cc1. The summed E-state index contributed by atoms with van der Waals surface area (Å²) in [5, 5.41) is 4.21. The van der Waals surface area contributed by atoms with Gasteiger partial charge in [-0.3, -0.25) is 4.79 Å². The van der Waals surface area contributed by atoms with E-state index in [1.54, 1.807) is 18.2 Å². The number of hydrogen-bond donors (Lipinski definition) is 1. The Labute approximate surface area is 153 Å². The van der Waals surface area contributed by atoms with Crippen molar-refractivity contribution in [2.24, 2.45) is 5.10 Å². The first kappa shape index (κ1) is 17.4. The zero-order valence-electron chi connectivity index (χ0n) is 14.8. The lowest BCUT2D eigenvalue weighted by molar-refractivity contribution is 0.0952. The molecule has 0 unspecified atom stereocenters. The molecule has 0 spiro atoms. The highest BCUT2D eigenvalue weighted by atomic mass is 16.5. The van der Waals surface area contributed by atoms with Gasteiger partial charge in [0.2, 0.25) is 0 Å². The van der Waals surface area contributed by atoms with Gasteiger partial charge < -0.3 is 4.74 Å².